The second kappa shape index (κ2) is 16.3. The Labute approximate surface area is 401 Å². The normalized spacial score (nSPS) is 13.5. The Morgan fingerprint density at radius 3 is 1.06 bits per heavy atom. The minimum absolute atomic E-state index is 0.0989. The van der Waals surface area contributed by atoms with E-state index in [9.17, 15) is 0 Å². The third kappa shape index (κ3) is 6.87. The van der Waals surface area contributed by atoms with Gasteiger partial charge in [0.25, 0.3) is 0 Å². The zero-order valence-electron chi connectivity index (χ0n) is 39.0. The van der Waals surface area contributed by atoms with E-state index in [1.807, 2.05) is 0 Å². The lowest BCUT2D eigenvalue weighted by Crippen LogP contribution is -2.16. The predicted molar refractivity (Wildman–Crippen MR) is 287 cm³/mol. The number of hydrogen-bond donors (Lipinski definition) is 0. The summed E-state index contributed by atoms with van der Waals surface area (Å²) in [6.07, 6.45) is 0. The van der Waals surface area contributed by atoms with Crippen LogP contribution in [0.1, 0.15) is 49.9 Å². The highest BCUT2D eigenvalue weighted by Gasteiger charge is 2.37. The first-order valence-electron chi connectivity index (χ1n) is 23.8. The molecule has 10 aromatic rings. The van der Waals surface area contributed by atoms with E-state index in [1.54, 1.807) is 0 Å². The molecule has 0 spiro atoms. The summed E-state index contributed by atoms with van der Waals surface area (Å²) in [4.78, 5) is 4.82. The maximum absolute atomic E-state index is 2.43. The van der Waals surface area contributed by atoms with Crippen molar-refractivity contribution < 1.29 is 0 Å². The van der Waals surface area contributed by atoms with Gasteiger partial charge in [0, 0.05) is 45.0 Å². The third-order valence-corrected chi connectivity index (χ3v) is 14.7. The zero-order valence-corrected chi connectivity index (χ0v) is 39.0. The molecule has 0 fully saturated rings. The fourth-order valence-electron chi connectivity index (χ4n) is 11.1. The molecule has 0 N–H and O–H groups in total. The van der Waals surface area contributed by atoms with Crippen LogP contribution in [-0.4, -0.2) is 0 Å². The first-order chi connectivity index (χ1) is 33.2. The van der Waals surface area contributed by atoms with Gasteiger partial charge in [-0.3, -0.25) is 0 Å². The van der Waals surface area contributed by atoms with E-state index in [0.717, 1.165) is 39.7 Å². The minimum atomic E-state index is -0.130. The van der Waals surface area contributed by atoms with Gasteiger partial charge in [-0.05, 0) is 151 Å². The van der Waals surface area contributed by atoms with E-state index < -0.39 is 0 Å². The van der Waals surface area contributed by atoms with Gasteiger partial charge in [0.2, 0.25) is 0 Å². The van der Waals surface area contributed by atoms with E-state index in [0.29, 0.717) is 0 Å². The van der Waals surface area contributed by atoms with E-state index in [2.05, 4.69) is 280 Å². The van der Waals surface area contributed by atoms with Gasteiger partial charge in [0.15, 0.2) is 0 Å². The van der Waals surface area contributed by atoms with Crippen molar-refractivity contribution in [3.63, 3.8) is 0 Å². The molecule has 0 aromatic heterocycles. The molecule has 0 aliphatic heterocycles. The second-order valence-corrected chi connectivity index (χ2v) is 19.4. The summed E-state index contributed by atoms with van der Waals surface area (Å²) >= 11 is 0. The van der Waals surface area contributed by atoms with E-state index in [-0.39, 0.29) is 10.8 Å². The Kier molecular flexibility index (Phi) is 9.88. The molecule has 10 aromatic carbocycles. The average molecular weight is 873 g/mol. The molecule has 0 amide bonds. The van der Waals surface area contributed by atoms with Crippen molar-refractivity contribution in [2.24, 2.45) is 0 Å². The maximum Gasteiger partial charge on any atom is 0.0468 e. The van der Waals surface area contributed by atoms with Gasteiger partial charge in [-0.15, -0.1) is 0 Å². The fourth-order valence-corrected chi connectivity index (χ4v) is 11.1. The smallest absolute Gasteiger partial charge is 0.0468 e. The molecule has 0 atom stereocenters. The lowest BCUT2D eigenvalue weighted by molar-refractivity contribution is 0.660. The van der Waals surface area contributed by atoms with Gasteiger partial charge >= 0.3 is 0 Å². The van der Waals surface area contributed by atoms with Crippen LogP contribution >= 0.6 is 0 Å². The number of nitrogens with zero attached hydrogens (tertiary/aromatic N) is 2. The summed E-state index contributed by atoms with van der Waals surface area (Å²) in [5, 5.41) is 0. The molecule has 2 aliphatic rings. The quantitative estimate of drug-likeness (QED) is 0.143. The molecule has 2 nitrogen and oxygen atoms in total. The van der Waals surface area contributed by atoms with E-state index >= 15 is 0 Å². The number of benzene rings is 10. The molecule has 2 heteroatoms. The first kappa shape index (κ1) is 41.2. The Bertz CT molecular complexity index is 3480. The number of hydrogen-bond acceptors (Lipinski definition) is 2. The molecular weight excluding hydrogens is 821 g/mol. The fraction of sp³-hybridized carbons (Fsp3) is 0.0909. The molecule has 2 aliphatic carbocycles. The Morgan fingerprint density at radius 2 is 0.544 bits per heavy atom. The summed E-state index contributed by atoms with van der Waals surface area (Å²) in [5.41, 5.74) is 24.3. The van der Waals surface area contributed by atoms with Gasteiger partial charge in [-0.1, -0.05) is 198 Å². The van der Waals surface area contributed by atoms with E-state index in [4.69, 9.17) is 0 Å². The Morgan fingerprint density at radius 1 is 0.221 bits per heavy atom. The molecule has 0 unspecified atom stereocenters. The van der Waals surface area contributed by atoms with Crippen molar-refractivity contribution >= 4 is 34.1 Å². The number of para-hydroxylation sites is 1. The largest absolute Gasteiger partial charge is 0.310 e. The summed E-state index contributed by atoms with van der Waals surface area (Å²) in [6, 6.07) is 89.2. The third-order valence-electron chi connectivity index (χ3n) is 14.7. The molecule has 0 saturated heterocycles. The van der Waals surface area contributed by atoms with Crippen LogP contribution in [0.5, 0.6) is 0 Å². The highest BCUT2D eigenvalue weighted by atomic mass is 15.1. The van der Waals surface area contributed by atoms with Crippen LogP contribution in [0.15, 0.2) is 243 Å². The molecule has 68 heavy (non-hydrogen) atoms. The molecule has 0 bridgehead atoms. The van der Waals surface area contributed by atoms with Crippen molar-refractivity contribution in [2.45, 2.75) is 38.5 Å². The highest BCUT2D eigenvalue weighted by molar-refractivity contribution is 5.92. The Balaban J connectivity index is 0.966. The SMILES string of the molecule is CC1(C)c2ccccc2-c2ccc(N(c3ccccc3)c3ccc(-c4ccc(N(c5ccc(-c6ccccc6)cc5)c5ccc6c(c5)C(C)(C)c5ccccc5-6)cc4-c4ccccc4)cc3)cc21. The summed E-state index contributed by atoms with van der Waals surface area (Å²) in [6.45, 7) is 9.42. The average Bonchev–Trinajstić information content (AvgIpc) is 3.76. The van der Waals surface area contributed by atoms with Crippen LogP contribution in [0, 0.1) is 0 Å². The van der Waals surface area contributed by atoms with Crippen molar-refractivity contribution in [2.75, 3.05) is 9.80 Å². The topological polar surface area (TPSA) is 6.48 Å². The molecular formula is C66H52N2. The summed E-state index contributed by atoms with van der Waals surface area (Å²) < 4.78 is 0. The molecule has 0 radical (unpaired) electrons. The van der Waals surface area contributed by atoms with Crippen LogP contribution in [-0.2, 0) is 10.8 Å². The molecule has 0 saturated carbocycles. The zero-order chi connectivity index (χ0) is 46.0. The number of rotatable bonds is 9. The maximum atomic E-state index is 2.43. The molecule has 12 rings (SSSR count). The lowest BCUT2D eigenvalue weighted by Gasteiger charge is -2.29. The molecule has 326 valence electrons. The lowest BCUT2D eigenvalue weighted by atomic mass is 9.82. The van der Waals surface area contributed by atoms with Crippen molar-refractivity contribution in [3.8, 4) is 55.6 Å². The van der Waals surface area contributed by atoms with Crippen molar-refractivity contribution in [1.82, 2.24) is 0 Å². The highest BCUT2D eigenvalue weighted by Crippen LogP contribution is 2.53. The van der Waals surface area contributed by atoms with Crippen molar-refractivity contribution in [1.29, 1.82) is 0 Å². The minimum Gasteiger partial charge on any atom is -0.310 e. The van der Waals surface area contributed by atoms with Crippen LogP contribution in [0.25, 0.3) is 55.6 Å². The van der Waals surface area contributed by atoms with Gasteiger partial charge in [-0.2, -0.15) is 0 Å². The summed E-state index contributed by atoms with van der Waals surface area (Å²) in [7, 11) is 0. The van der Waals surface area contributed by atoms with Crippen LogP contribution < -0.4 is 9.80 Å². The van der Waals surface area contributed by atoms with Gasteiger partial charge in [0.1, 0.15) is 0 Å². The first-order valence-corrected chi connectivity index (χ1v) is 23.8. The van der Waals surface area contributed by atoms with E-state index in [1.165, 1.54) is 72.3 Å². The number of fused-ring (bicyclic) bond motifs is 6. The van der Waals surface area contributed by atoms with Crippen LogP contribution in [0.4, 0.5) is 34.1 Å². The van der Waals surface area contributed by atoms with Gasteiger partial charge in [-0.25, -0.2) is 0 Å². The monoisotopic (exact) mass is 872 g/mol. The van der Waals surface area contributed by atoms with Crippen molar-refractivity contribution in [3.05, 3.63) is 265 Å². The van der Waals surface area contributed by atoms with Crippen LogP contribution in [0.3, 0.4) is 0 Å². The standard InChI is InChI=1S/C66H52N2/c1-65(2)61-26-16-14-24-56(61)58-40-37-53(43-63(58)65)67(49-22-12-7-13-23-49)50-34-30-48(31-35-50)55-39-36-52(42-60(55)47-20-10-6-11-21-47)68(51-32-28-46(29-33-51)45-18-8-5-9-19-45)54-38-41-59-57-25-15-17-27-62(57)66(3,4)64(59)44-54/h5-44H,1-4H3. The number of anilines is 6. The second-order valence-electron chi connectivity index (χ2n) is 19.4. The Hall–Kier alpha value is -8.20. The predicted octanol–water partition coefficient (Wildman–Crippen LogP) is 18.2. The van der Waals surface area contributed by atoms with Gasteiger partial charge in [0.05, 0.1) is 0 Å². The van der Waals surface area contributed by atoms with Crippen LogP contribution in [0.2, 0.25) is 0 Å². The summed E-state index contributed by atoms with van der Waals surface area (Å²) in [5.74, 6) is 0. The molecule has 0 heterocycles. The van der Waals surface area contributed by atoms with Gasteiger partial charge < -0.3 is 9.80 Å².